The zero-order chi connectivity index (χ0) is 19.4. The van der Waals surface area contributed by atoms with Crippen LogP contribution in [0.5, 0.6) is 0 Å². The molecule has 0 bridgehead atoms. The summed E-state index contributed by atoms with van der Waals surface area (Å²) < 4.78 is 0. The molecule has 138 valence electrons. The maximum absolute atomic E-state index is 12.3. The summed E-state index contributed by atoms with van der Waals surface area (Å²) in [5.74, 6) is -0.575. The SMILES string of the molecule is CC(C)(C)c1ccc(C(=O)NCC(=O)Nc2cccc3cccnc23)cc1. The van der Waals surface area contributed by atoms with E-state index in [1.807, 2.05) is 36.4 Å². The van der Waals surface area contributed by atoms with Gasteiger partial charge in [0.1, 0.15) is 0 Å². The first-order valence-electron chi connectivity index (χ1n) is 8.87. The van der Waals surface area contributed by atoms with Gasteiger partial charge in [0.2, 0.25) is 5.91 Å². The van der Waals surface area contributed by atoms with Crippen LogP contribution in [0.2, 0.25) is 0 Å². The number of fused-ring (bicyclic) bond motifs is 1. The largest absolute Gasteiger partial charge is 0.343 e. The Morgan fingerprint density at radius 2 is 1.67 bits per heavy atom. The molecule has 0 radical (unpaired) electrons. The molecule has 5 nitrogen and oxygen atoms in total. The lowest BCUT2D eigenvalue weighted by Crippen LogP contribution is -2.33. The van der Waals surface area contributed by atoms with Crippen LogP contribution >= 0.6 is 0 Å². The van der Waals surface area contributed by atoms with E-state index < -0.39 is 0 Å². The Labute approximate surface area is 158 Å². The normalized spacial score (nSPS) is 11.2. The topological polar surface area (TPSA) is 71.1 Å². The molecule has 0 spiro atoms. The number of amides is 2. The molecule has 27 heavy (non-hydrogen) atoms. The van der Waals surface area contributed by atoms with Crippen molar-refractivity contribution in [1.82, 2.24) is 10.3 Å². The maximum atomic E-state index is 12.3. The van der Waals surface area contributed by atoms with Crippen LogP contribution in [-0.2, 0) is 10.2 Å². The Hall–Kier alpha value is -3.21. The van der Waals surface area contributed by atoms with E-state index in [0.717, 1.165) is 16.5 Å². The quantitative estimate of drug-likeness (QED) is 0.740. The monoisotopic (exact) mass is 361 g/mol. The first-order valence-corrected chi connectivity index (χ1v) is 8.87. The third kappa shape index (κ3) is 4.50. The molecule has 0 fully saturated rings. The summed E-state index contributed by atoms with van der Waals surface area (Å²) in [6.45, 7) is 6.25. The summed E-state index contributed by atoms with van der Waals surface area (Å²) in [4.78, 5) is 28.8. The van der Waals surface area contributed by atoms with Crippen LogP contribution in [0.4, 0.5) is 5.69 Å². The van der Waals surface area contributed by atoms with Gasteiger partial charge >= 0.3 is 0 Å². The van der Waals surface area contributed by atoms with Gasteiger partial charge in [-0.25, -0.2) is 0 Å². The van der Waals surface area contributed by atoms with Gasteiger partial charge in [0, 0.05) is 17.1 Å². The fraction of sp³-hybridized carbons (Fsp3) is 0.227. The fourth-order valence-electron chi connectivity index (χ4n) is 2.78. The predicted molar refractivity (Wildman–Crippen MR) is 108 cm³/mol. The smallest absolute Gasteiger partial charge is 0.251 e. The number of carbonyl (C=O) groups is 2. The van der Waals surface area contributed by atoms with E-state index in [9.17, 15) is 9.59 Å². The van der Waals surface area contributed by atoms with Crippen LogP contribution in [0.25, 0.3) is 10.9 Å². The highest BCUT2D eigenvalue weighted by atomic mass is 16.2. The number of carbonyl (C=O) groups excluding carboxylic acids is 2. The molecule has 1 heterocycles. The van der Waals surface area contributed by atoms with Gasteiger partial charge in [-0.05, 0) is 35.2 Å². The van der Waals surface area contributed by atoms with Gasteiger partial charge in [0.25, 0.3) is 5.91 Å². The molecule has 0 aliphatic carbocycles. The van der Waals surface area contributed by atoms with Gasteiger partial charge in [0.15, 0.2) is 0 Å². The van der Waals surface area contributed by atoms with Crippen molar-refractivity contribution >= 4 is 28.4 Å². The van der Waals surface area contributed by atoms with Crippen molar-refractivity contribution in [3.8, 4) is 0 Å². The number of nitrogens with zero attached hydrogens (tertiary/aromatic N) is 1. The highest BCUT2D eigenvalue weighted by Gasteiger charge is 2.15. The summed E-state index contributed by atoms with van der Waals surface area (Å²) >= 11 is 0. The van der Waals surface area contributed by atoms with E-state index in [1.54, 1.807) is 24.4 Å². The molecule has 2 amide bonds. The first-order chi connectivity index (χ1) is 12.8. The predicted octanol–water partition coefficient (Wildman–Crippen LogP) is 3.90. The summed E-state index contributed by atoms with van der Waals surface area (Å²) in [5.41, 5.74) is 3.06. The standard InChI is InChI=1S/C22H23N3O2/c1-22(2,3)17-11-9-16(10-12-17)21(27)24-14-19(26)25-18-8-4-6-15-7-5-13-23-20(15)18/h4-13H,14H2,1-3H3,(H,24,27)(H,25,26). The number of pyridine rings is 1. The van der Waals surface area contributed by atoms with Crippen molar-refractivity contribution in [2.45, 2.75) is 26.2 Å². The zero-order valence-electron chi connectivity index (χ0n) is 15.7. The molecular weight excluding hydrogens is 338 g/mol. The van der Waals surface area contributed by atoms with E-state index in [-0.39, 0.29) is 23.8 Å². The number of hydrogen-bond acceptors (Lipinski definition) is 3. The highest BCUT2D eigenvalue weighted by Crippen LogP contribution is 2.22. The number of benzene rings is 2. The van der Waals surface area contributed by atoms with Crippen molar-refractivity contribution in [2.75, 3.05) is 11.9 Å². The van der Waals surface area contributed by atoms with E-state index >= 15 is 0 Å². The van der Waals surface area contributed by atoms with Gasteiger partial charge in [-0.3, -0.25) is 14.6 Å². The van der Waals surface area contributed by atoms with E-state index in [2.05, 4.69) is 36.4 Å². The minimum absolute atomic E-state index is 0.0292. The third-order valence-corrected chi connectivity index (χ3v) is 4.33. The van der Waals surface area contributed by atoms with Crippen molar-refractivity contribution in [3.05, 3.63) is 71.9 Å². The van der Waals surface area contributed by atoms with Gasteiger partial charge in [-0.15, -0.1) is 0 Å². The molecule has 0 atom stereocenters. The Bertz CT molecular complexity index is 968. The molecule has 2 N–H and O–H groups in total. The van der Waals surface area contributed by atoms with E-state index in [1.165, 1.54) is 0 Å². The third-order valence-electron chi connectivity index (χ3n) is 4.33. The summed E-state index contributed by atoms with van der Waals surface area (Å²) in [6.07, 6.45) is 1.68. The van der Waals surface area contributed by atoms with Gasteiger partial charge in [-0.2, -0.15) is 0 Å². The molecule has 0 unspecified atom stereocenters. The molecule has 0 saturated carbocycles. The number of anilines is 1. The number of nitrogens with one attached hydrogen (secondary N) is 2. The Morgan fingerprint density at radius 1 is 0.963 bits per heavy atom. The number of para-hydroxylation sites is 1. The Balaban J connectivity index is 1.61. The van der Waals surface area contributed by atoms with Gasteiger partial charge in [0.05, 0.1) is 17.7 Å². The molecular formula is C22H23N3O2. The van der Waals surface area contributed by atoms with Crippen LogP contribution in [-0.4, -0.2) is 23.3 Å². The lowest BCUT2D eigenvalue weighted by Gasteiger charge is -2.19. The summed E-state index contributed by atoms with van der Waals surface area (Å²) in [6, 6.07) is 16.8. The first kappa shape index (κ1) is 18.6. The molecule has 0 saturated heterocycles. The molecule has 3 rings (SSSR count). The van der Waals surface area contributed by atoms with Crippen LogP contribution in [0.3, 0.4) is 0 Å². The molecule has 3 aromatic rings. The van der Waals surface area contributed by atoms with Crippen LogP contribution in [0, 0.1) is 0 Å². The lowest BCUT2D eigenvalue weighted by molar-refractivity contribution is -0.115. The molecule has 1 aromatic heterocycles. The van der Waals surface area contributed by atoms with Crippen LogP contribution < -0.4 is 10.6 Å². The number of aromatic nitrogens is 1. The fourth-order valence-corrected chi connectivity index (χ4v) is 2.78. The Kier molecular flexibility index (Phi) is 5.21. The van der Waals surface area contributed by atoms with Crippen molar-refractivity contribution in [3.63, 3.8) is 0 Å². The second-order valence-corrected chi connectivity index (χ2v) is 7.44. The average molecular weight is 361 g/mol. The zero-order valence-corrected chi connectivity index (χ0v) is 15.7. The van der Waals surface area contributed by atoms with E-state index in [4.69, 9.17) is 0 Å². The van der Waals surface area contributed by atoms with Crippen LogP contribution in [0.1, 0.15) is 36.7 Å². The summed E-state index contributed by atoms with van der Waals surface area (Å²) in [7, 11) is 0. The minimum atomic E-state index is -0.298. The molecule has 0 aliphatic rings. The number of rotatable bonds is 4. The summed E-state index contributed by atoms with van der Waals surface area (Å²) in [5, 5.41) is 6.40. The minimum Gasteiger partial charge on any atom is -0.343 e. The van der Waals surface area contributed by atoms with Crippen LogP contribution in [0.15, 0.2) is 60.8 Å². The molecule has 5 heteroatoms. The second kappa shape index (κ2) is 7.58. The Morgan fingerprint density at radius 3 is 2.37 bits per heavy atom. The molecule has 0 aliphatic heterocycles. The van der Waals surface area contributed by atoms with Crippen molar-refractivity contribution in [1.29, 1.82) is 0 Å². The van der Waals surface area contributed by atoms with Crippen molar-refractivity contribution < 1.29 is 9.59 Å². The van der Waals surface area contributed by atoms with Gasteiger partial charge < -0.3 is 10.6 Å². The average Bonchev–Trinajstić information content (AvgIpc) is 2.66. The second-order valence-electron chi connectivity index (χ2n) is 7.44. The van der Waals surface area contributed by atoms with Gasteiger partial charge in [-0.1, -0.05) is 51.1 Å². The highest BCUT2D eigenvalue weighted by molar-refractivity contribution is 6.03. The number of hydrogen-bond donors (Lipinski definition) is 2. The van der Waals surface area contributed by atoms with E-state index in [0.29, 0.717) is 11.3 Å². The molecule has 2 aromatic carbocycles. The lowest BCUT2D eigenvalue weighted by atomic mass is 9.87. The van der Waals surface area contributed by atoms with Crippen molar-refractivity contribution in [2.24, 2.45) is 0 Å². The maximum Gasteiger partial charge on any atom is 0.251 e.